The van der Waals surface area contributed by atoms with Crippen LogP contribution >= 0.6 is 11.5 Å². The molecule has 0 unspecified atom stereocenters. The molecule has 0 atom stereocenters. The molecule has 0 aliphatic rings. The maximum Gasteiger partial charge on any atom is 0.277 e. The van der Waals surface area contributed by atoms with Gasteiger partial charge in [-0.25, -0.2) is 0 Å². The highest BCUT2D eigenvalue weighted by atomic mass is 32.2. The van der Waals surface area contributed by atoms with Gasteiger partial charge >= 0.3 is 0 Å². The van der Waals surface area contributed by atoms with Crippen LogP contribution < -0.4 is 0 Å². The Balaban J connectivity index is 2.77. The number of aromatic nitrogens is 2. The molecule has 0 aliphatic carbocycles. The summed E-state index contributed by atoms with van der Waals surface area (Å²) in [6, 6.07) is 0. The van der Waals surface area contributed by atoms with Crippen molar-refractivity contribution in [3.05, 3.63) is 5.38 Å². The van der Waals surface area contributed by atoms with E-state index in [0.717, 1.165) is 5.03 Å². The minimum atomic E-state index is 0.289. The van der Waals surface area contributed by atoms with Crippen LogP contribution in [0.1, 0.15) is 0 Å². The Hall–Kier alpha value is -0.0900. The molecule has 44 valence electrons. The molecule has 0 spiro atoms. The van der Waals surface area contributed by atoms with Crippen LogP contribution in [0.15, 0.2) is 10.4 Å². The van der Waals surface area contributed by atoms with Crippen LogP contribution in [0.3, 0.4) is 0 Å². The van der Waals surface area contributed by atoms with Gasteiger partial charge in [-0.3, -0.25) is 0 Å². The number of hydrogen-bond donors (Lipinski definition) is 0. The Bertz CT molecular complexity index is 147. The molecular weight excluding hydrogens is 140 g/mol. The van der Waals surface area contributed by atoms with Crippen LogP contribution in [0.5, 0.6) is 0 Å². The first-order valence-corrected chi connectivity index (χ1v) is 5.03. The Morgan fingerprint density at radius 2 is 2.38 bits per heavy atom. The zero-order valence-corrected chi connectivity index (χ0v) is 6.42. The highest BCUT2D eigenvalue weighted by Crippen LogP contribution is 2.04. The summed E-state index contributed by atoms with van der Waals surface area (Å²) >= 11 is 1.41. The molecule has 1 aromatic heterocycles. The molecule has 0 aliphatic heterocycles. The van der Waals surface area contributed by atoms with Gasteiger partial charge in [0.1, 0.15) is 12.5 Å². The molecule has 1 rings (SSSR count). The highest BCUT2D eigenvalue weighted by Gasteiger charge is 2.09. The number of rotatable bonds is 1. The molecule has 2 nitrogen and oxygen atoms in total. The van der Waals surface area contributed by atoms with Crippen LogP contribution in [-0.4, -0.2) is 22.1 Å². The normalized spacial score (nSPS) is 10.4. The SMILES string of the molecule is C[S+](C)c1csnn1. The topological polar surface area (TPSA) is 25.8 Å². The van der Waals surface area contributed by atoms with Crippen LogP contribution in [-0.2, 0) is 10.9 Å². The molecule has 0 radical (unpaired) electrons. The molecule has 0 amide bonds. The summed E-state index contributed by atoms with van der Waals surface area (Å²) in [6.45, 7) is 0. The molecule has 0 aromatic carbocycles. The van der Waals surface area contributed by atoms with Crippen molar-refractivity contribution < 1.29 is 0 Å². The Morgan fingerprint density at radius 1 is 1.62 bits per heavy atom. The lowest BCUT2D eigenvalue weighted by atomic mass is 11.0. The van der Waals surface area contributed by atoms with Crippen LogP contribution in [0.4, 0.5) is 0 Å². The second-order valence-corrected chi connectivity index (χ2v) is 4.22. The second kappa shape index (κ2) is 2.46. The smallest absolute Gasteiger partial charge is 0.0874 e. The predicted octanol–water partition coefficient (Wildman–Crippen LogP) is 0.775. The minimum Gasteiger partial charge on any atom is -0.0874 e. The van der Waals surface area contributed by atoms with E-state index in [9.17, 15) is 0 Å². The van der Waals surface area contributed by atoms with E-state index in [2.05, 4.69) is 22.1 Å². The summed E-state index contributed by atoms with van der Waals surface area (Å²) in [6.07, 6.45) is 4.27. The van der Waals surface area contributed by atoms with Gasteiger partial charge in [0.25, 0.3) is 5.03 Å². The molecule has 1 heterocycles. The van der Waals surface area contributed by atoms with Crippen molar-refractivity contribution in [2.45, 2.75) is 5.03 Å². The summed E-state index contributed by atoms with van der Waals surface area (Å²) < 4.78 is 3.74. The highest BCUT2D eigenvalue weighted by molar-refractivity contribution is 7.95. The van der Waals surface area contributed by atoms with Crippen molar-refractivity contribution in [2.75, 3.05) is 12.5 Å². The van der Waals surface area contributed by atoms with Crippen LogP contribution in [0, 0.1) is 0 Å². The fraction of sp³-hybridized carbons (Fsp3) is 0.500. The first-order valence-electron chi connectivity index (χ1n) is 2.15. The van der Waals surface area contributed by atoms with Crippen molar-refractivity contribution in [3.63, 3.8) is 0 Å². The van der Waals surface area contributed by atoms with Gasteiger partial charge in [-0.2, -0.15) is 0 Å². The molecule has 0 saturated heterocycles. The maximum absolute atomic E-state index is 3.90. The lowest BCUT2D eigenvalue weighted by molar-refractivity contribution is 1.03. The number of hydrogen-bond acceptors (Lipinski definition) is 3. The van der Waals surface area contributed by atoms with E-state index in [0.29, 0.717) is 0 Å². The van der Waals surface area contributed by atoms with Gasteiger partial charge in [0.2, 0.25) is 0 Å². The van der Waals surface area contributed by atoms with Crippen molar-refractivity contribution in [2.24, 2.45) is 0 Å². The molecule has 0 bridgehead atoms. The molecule has 1 aromatic rings. The maximum atomic E-state index is 3.90. The van der Waals surface area contributed by atoms with Gasteiger partial charge in [-0.15, -0.1) is 0 Å². The third-order valence-corrected chi connectivity index (χ3v) is 2.45. The third kappa shape index (κ3) is 1.20. The average molecular weight is 147 g/mol. The van der Waals surface area contributed by atoms with Gasteiger partial charge < -0.3 is 0 Å². The number of nitrogens with zero attached hydrogens (tertiary/aromatic N) is 2. The molecular formula is C4H7N2S2+. The first kappa shape index (κ1) is 6.04. The van der Waals surface area contributed by atoms with Crippen LogP contribution in [0.2, 0.25) is 0 Å². The predicted molar refractivity (Wildman–Crippen MR) is 37.4 cm³/mol. The van der Waals surface area contributed by atoms with Crippen LogP contribution in [0.25, 0.3) is 0 Å². The van der Waals surface area contributed by atoms with Crippen molar-refractivity contribution in [1.82, 2.24) is 9.59 Å². The molecule has 0 fully saturated rings. The summed E-state index contributed by atoms with van der Waals surface area (Å²) in [4.78, 5) is 0. The zero-order chi connectivity index (χ0) is 5.98. The first-order chi connectivity index (χ1) is 3.80. The van der Waals surface area contributed by atoms with Crippen molar-refractivity contribution >= 4 is 22.4 Å². The second-order valence-electron chi connectivity index (χ2n) is 1.56. The summed E-state index contributed by atoms with van der Waals surface area (Å²) in [7, 11) is 0.289. The van der Waals surface area contributed by atoms with Crippen molar-refractivity contribution in [1.29, 1.82) is 0 Å². The Kier molecular flexibility index (Phi) is 1.85. The van der Waals surface area contributed by atoms with Gasteiger partial charge in [-0.1, -0.05) is 9.59 Å². The van der Waals surface area contributed by atoms with Crippen molar-refractivity contribution in [3.8, 4) is 0 Å². The van der Waals surface area contributed by atoms with E-state index in [1.54, 1.807) is 0 Å². The minimum absolute atomic E-state index is 0.289. The summed E-state index contributed by atoms with van der Waals surface area (Å²) in [5, 5.41) is 7.01. The Labute approximate surface area is 55.4 Å². The quantitative estimate of drug-likeness (QED) is 0.548. The molecule has 0 saturated carbocycles. The fourth-order valence-corrected chi connectivity index (χ4v) is 1.81. The van der Waals surface area contributed by atoms with Gasteiger partial charge in [0, 0.05) is 10.9 Å². The molecule has 4 heteroatoms. The monoisotopic (exact) mass is 147 g/mol. The van der Waals surface area contributed by atoms with Gasteiger partial charge in [-0.05, 0) is 11.5 Å². The largest absolute Gasteiger partial charge is 0.277 e. The van der Waals surface area contributed by atoms with E-state index in [-0.39, 0.29) is 10.9 Å². The summed E-state index contributed by atoms with van der Waals surface area (Å²) in [5.41, 5.74) is 0. The lowest BCUT2D eigenvalue weighted by Gasteiger charge is -1.81. The molecule has 8 heavy (non-hydrogen) atoms. The van der Waals surface area contributed by atoms with E-state index in [1.165, 1.54) is 11.5 Å². The summed E-state index contributed by atoms with van der Waals surface area (Å²) in [5.74, 6) is 0. The van der Waals surface area contributed by atoms with Gasteiger partial charge in [0.05, 0.1) is 5.38 Å². The third-order valence-electron chi connectivity index (χ3n) is 0.758. The fourth-order valence-electron chi connectivity index (χ4n) is 0.334. The van der Waals surface area contributed by atoms with E-state index in [1.807, 2.05) is 5.38 Å². The molecule has 0 N–H and O–H groups in total. The van der Waals surface area contributed by atoms with E-state index < -0.39 is 0 Å². The van der Waals surface area contributed by atoms with Gasteiger partial charge in [0.15, 0.2) is 0 Å². The van der Waals surface area contributed by atoms with E-state index in [4.69, 9.17) is 0 Å². The van der Waals surface area contributed by atoms with E-state index >= 15 is 0 Å². The lowest BCUT2D eigenvalue weighted by Crippen LogP contribution is -1.94. The standard InChI is InChI=1S/C4H7N2S2/c1-8(2)4-3-7-6-5-4/h3H,1-2H3/q+1. The Morgan fingerprint density at radius 3 is 2.62 bits per heavy atom. The average Bonchev–Trinajstić information content (AvgIpc) is 2.12. The zero-order valence-electron chi connectivity index (χ0n) is 4.79.